The normalized spacial score (nSPS) is 10.9. The molecular weight excluding hydrogens is 486 g/mol. The average Bonchev–Trinajstić information content (AvgIpc) is 3.29. The molecule has 1 amide bonds. The number of carbonyl (C=O) groups is 2. The predicted molar refractivity (Wildman–Crippen MR) is 139 cm³/mol. The summed E-state index contributed by atoms with van der Waals surface area (Å²) in [4.78, 5) is 29.5. The third-order valence-corrected chi connectivity index (χ3v) is 6.72. The minimum atomic E-state index is -0.267. The Balaban J connectivity index is 1.48. The van der Waals surface area contributed by atoms with Crippen LogP contribution in [0.2, 0.25) is 5.02 Å². The highest BCUT2D eigenvalue weighted by atomic mass is 35.5. The Hall–Kier alpha value is -3.46. The minimum absolute atomic E-state index is 0.0235. The van der Waals surface area contributed by atoms with Gasteiger partial charge in [-0.1, -0.05) is 17.7 Å². The Morgan fingerprint density at radius 1 is 1.14 bits per heavy atom. The van der Waals surface area contributed by atoms with Gasteiger partial charge in [0.05, 0.1) is 10.3 Å². The largest absolute Gasteiger partial charge is 0.489 e. The summed E-state index contributed by atoms with van der Waals surface area (Å²) < 4.78 is 6.74. The number of benzene rings is 2. The number of Topliss-reactive ketones (excluding diaryl/α,β-unsaturated/α-hetero) is 1. The van der Waals surface area contributed by atoms with Crippen LogP contribution in [0.3, 0.4) is 0 Å². The number of aliphatic hydroxyl groups excluding tert-OH is 1. The van der Waals surface area contributed by atoms with E-state index >= 15 is 0 Å². The SMILES string of the molecule is Nc1ncc(C(=O)CCCCO)c2scc(COc3cccc(C(=O)Nc4ccc(Cl)cc4)c3)c12. The van der Waals surface area contributed by atoms with Gasteiger partial charge in [0.25, 0.3) is 5.91 Å². The fourth-order valence-corrected chi connectivity index (χ4v) is 4.81. The van der Waals surface area contributed by atoms with E-state index < -0.39 is 0 Å². The first-order valence-corrected chi connectivity index (χ1v) is 12.3. The molecule has 0 fully saturated rings. The lowest BCUT2D eigenvalue weighted by atomic mass is 10.0. The van der Waals surface area contributed by atoms with Gasteiger partial charge < -0.3 is 20.9 Å². The third-order valence-electron chi connectivity index (χ3n) is 5.41. The molecule has 2 heterocycles. The Labute approximate surface area is 211 Å². The van der Waals surface area contributed by atoms with E-state index in [4.69, 9.17) is 27.2 Å². The van der Waals surface area contributed by atoms with Gasteiger partial charge in [0, 0.05) is 46.4 Å². The lowest BCUT2D eigenvalue weighted by Gasteiger charge is -2.10. The van der Waals surface area contributed by atoms with Crippen LogP contribution in [0.5, 0.6) is 5.75 Å². The minimum Gasteiger partial charge on any atom is -0.489 e. The molecule has 4 aromatic rings. The molecule has 0 unspecified atom stereocenters. The molecule has 0 aliphatic heterocycles. The van der Waals surface area contributed by atoms with Gasteiger partial charge in [0.1, 0.15) is 18.2 Å². The van der Waals surface area contributed by atoms with Gasteiger partial charge in [0.2, 0.25) is 0 Å². The highest BCUT2D eigenvalue weighted by molar-refractivity contribution is 7.18. The molecule has 4 N–H and O–H groups in total. The van der Waals surface area contributed by atoms with Crippen LogP contribution in [0, 0.1) is 0 Å². The number of halogens is 1. The number of aliphatic hydroxyl groups is 1. The molecule has 4 rings (SSSR count). The van der Waals surface area contributed by atoms with Gasteiger partial charge in [-0.2, -0.15) is 0 Å². The van der Waals surface area contributed by atoms with Crippen LogP contribution in [-0.2, 0) is 6.61 Å². The number of fused-ring (bicyclic) bond motifs is 1. The van der Waals surface area contributed by atoms with Gasteiger partial charge in [-0.15, -0.1) is 11.3 Å². The van der Waals surface area contributed by atoms with E-state index in [1.807, 2.05) is 5.38 Å². The molecule has 0 spiro atoms. The standard InChI is InChI=1S/C26H24ClN3O4S/c27-18-7-9-19(10-8-18)30-26(33)16-4-3-5-20(12-16)34-14-17-15-35-24-21(13-29-25(28)23(17)24)22(32)6-1-2-11-31/h3-5,7-10,12-13,15,31H,1-2,6,11,14H2,(H2,28,29)(H,30,33). The van der Waals surface area contributed by atoms with E-state index in [0.717, 1.165) is 10.3 Å². The van der Waals surface area contributed by atoms with Gasteiger partial charge >= 0.3 is 0 Å². The van der Waals surface area contributed by atoms with Crippen molar-refractivity contribution in [3.63, 3.8) is 0 Å². The summed E-state index contributed by atoms with van der Waals surface area (Å²) in [6.45, 7) is 0.267. The predicted octanol–water partition coefficient (Wildman–Crippen LogP) is 5.71. The third kappa shape index (κ3) is 5.97. The van der Waals surface area contributed by atoms with Crippen LogP contribution < -0.4 is 15.8 Å². The van der Waals surface area contributed by atoms with Crippen molar-refractivity contribution in [2.75, 3.05) is 17.7 Å². The second-order valence-electron chi connectivity index (χ2n) is 7.90. The van der Waals surface area contributed by atoms with Crippen LogP contribution in [0.25, 0.3) is 10.1 Å². The number of rotatable bonds is 10. The molecule has 9 heteroatoms. The summed E-state index contributed by atoms with van der Waals surface area (Å²) in [5.74, 6) is 0.569. The summed E-state index contributed by atoms with van der Waals surface area (Å²) in [6, 6.07) is 13.8. The molecular formula is C26H24ClN3O4S. The number of thiophene rings is 1. The second-order valence-corrected chi connectivity index (χ2v) is 9.22. The fourth-order valence-electron chi connectivity index (χ4n) is 3.59. The molecule has 0 radical (unpaired) electrons. The Kier molecular flexibility index (Phi) is 7.97. The number of carbonyl (C=O) groups excluding carboxylic acids is 2. The van der Waals surface area contributed by atoms with Crippen molar-refractivity contribution in [2.24, 2.45) is 0 Å². The maximum absolute atomic E-state index is 12.7. The monoisotopic (exact) mass is 509 g/mol. The topological polar surface area (TPSA) is 115 Å². The number of ketones is 1. The van der Waals surface area contributed by atoms with E-state index in [9.17, 15) is 9.59 Å². The summed E-state index contributed by atoms with van der Waals surface area (Å²) in [5.41, 5.74) is 8.58. The number of ether oxygens (including phenoxy) is 1. The zero-order chi connectivity index (χ0) is 24.8. The van der Waals surface area contributed by atoms with Crippen LogP contribution in [-0.4, -0.2) is 28.4 Å². The number of anilines is 2. The van der Waals surface area contributed by atoms with Gasteiger partial charge in [0.15, 0.2) is 5.78 Å². The molecule has 0 saturated heterocycles. The highest BCUT2D eigenvalue weighted by Crippen LogP contribution is 2.34. The number of hydrogen-bond donors (Lipinski definition) is 3. The highest BCUT2D eigenvalue weighted by Gasteiger charge is 2.17. The van der Waals surface area contributed by atoms with E-state index in [-0.39, 0.29) is 24.9 Å². The van der Waals surface area contributed by atoms with E-state index in [2.05, 4.69) is 10.3 Å². The Morgan fingerprint density at radius 3 is 2.71 bits per heavy atom. The number of unbranched alkanes of at least 4 members (excludes halogenated alkanes) is 1. The number of hydrogen-bond acceptors (Lipinski definition) is 7. The molecule has 0 saturated carbocycles. The maximum atomic E-state index is 12.7. The molecule has 0 atom stereocenters. The number of nitrogens with one attached hydrogen (secondary N) is 1. The lowest BCUT2D eigenvalue weighted by molar-refractivity contribution is 0.0977. The molecule has 0 aliphatic rings. The fraction of sp³-hybridized carbons (Fsp3) is 0.192. The lowest BCUT2D eigenvalue weighted by Crippen LogP contribution is -2.11. The summed E-state index contributed by atoms with van der Waals surface area (Å²) >= 11 is 7.32. The van der Waals surface area contributed by atoms with Crippen molar-refractivity contribution in [3.05, 3.63) is 81.8 Å². The maximum Gasteiger partial charge on any atom is 0.255 e. The first-order valence-electron chi connectivity index (χ1n) is 11.0. The molecule has 180 valence electrons. The van der Waals surface area contributed by atoms with Crippen LogP contribution in [0.1, 0.15) is 45.5 Å². The van der Waals surface area contributed by atoms with Crippen molar-refractivity contribution in [1.82, 2.24) is 4.98 Å². The zero-order valence-electron chi connectivity index (χ0n) is 18.8. The second kappa shape index (κ2) is 11.3. The zero-order valence-corrected chi connectivity index (χ0v) is 20.4. The van der Waals surface area contributed by atoms with Crippen molar-refractivity contribution in [1.29, 1.82) is 0 Å². The van der Waals surface area contributed by atoms with Crippen molar-refractivity contribution in [2.45, 2.75) is 25.9 Å². The molecule has 7 nitrogen and oxygen atoms in total. The van der Waals surface area contributed by atoms with Crippen molar-refractivity contribution in [3.8, 4) is 5.75 Å². The first kappa shape index (κ1) is 24.7. The quantitative estimate of drug-likeness (QED) is 0.186. The number of pyridine rings is 1. The first-order chi connectivity index (χ1) is 17.0. The average molecular weight is 510 g/mol. The van der Waals surface area contributed by atoms with Crippen molar-refractivity contribution < 1.29 is 19.4 Å². The number of nitrogens with zero attached hydrogens (tertiary/aromatic N) is 1. The smallest absolute Gasteiger partial charge is 0.255 e. The molecule has 2 aromatic heterocycles. The van der Waals surface area contributed by atoms with Gasteiger partial charge in [-0.25, -0.2) is 4.98 Å². The Morgan fingerprint density at radius 2 is 1.94 bits per heavy atom. The molecule has 0 bridgehead atoms. The number of nitrogen functional groups attached to an aromatic ring is 1. The molecule has 2 aromatic carbocycles. The number of nitrogens with two attached hydrogens (primary N) is 1. The summed E-state index contributed by atoms with van der Waals surface area (Å²) in [5, 5.41) is 15.0. The van der Waals surface area contributed by atoms with Gasteiger partial charge in [-0.05, 0) is 60.7 Å². The van der Waals surface area contributed by atoms with Crippen LogP contribution >= 0.6 is 22.9 Å². The molecule has 35 heavy (non-hydrogen) atoms. The number of aromatic nitrogens is 1. The molecule has 0 aliphatic carbocycles. The Bertz CT molecular complexity index is 1350. The van der Waals surface area contributed by atoms with E-state index in [1.165, 1.54) is 17.5 Å². The summed E-state index contributed by atoms with van der Waals surface area (Å²) in [6.07, 6.45) is 3.06. The van der Waals surface area contributed by atoms with Crippen LogP contribution in [0.4, 0.5) is 11.5 Å². The number of amides is 1. The van der Waals surface area contributed by atoms with Crippen molar-refractivity contribution >= 4 is 56.2 Å². The summed E-state index contributed by atoms with van der Waals surface area (Å²) in [7, 11) is 0. The van der Waals surface area contributed by atoms with E-state index in [0.29, 0.717) is 58.1 Å². The van der Waals surface area contributed by atoms with Crippen LogP contribution in [0.15, 0.2) is 60.1 Å². The van der Waals surface area contributed by atoms with E-state index in [1.54, 1.807) is 48.5 Å². The van der Waals surface area contributed by atoms with Gasteiger partial charge in [-0.3, -0.25) is 9.59 Å².